The molecule has 2 heteroatoms. The van der Waals surface area contributed by atoms with Crippen LogP contribution in [0.15, 0.2) is 103 Å². The number of hydrogen-bond donors (Lipinski definition) is 0. The van der Waals surface area contributed by atoms with Crippen molar-refractivity contribution in [2.24, 2.45) is 0 Å². The Balaban J connectivity index is 1.33. The van der Waals surface area contributed by atoms with Gasteiger partial charge in [0.05, 0.1) is 0 Å². The van der Waals surface area contributed by atoms with E-state index < -0.39 is 0 Å². The lowest BCUT2D eigenvalue weighted by Crippen LogP contribution is -1.89. The van der Waals surface area contributed by atoms with Crippen LogP contribution in [0.5, 0.6) is 0 Å². The number of benzene rings is 5. The molecule has 7 aromatic rings. The molecule has 0 fully saturated rings. The number of rotatable bonds is 3. The lowest BCUT2D eigenvalue weighted by Gasteiger charge is -2.12. The van der Waals surface area contributed by atoms with Gasteiger partial charge in [-0.25, -0.2) is 0 Å². The molecule has 162 valence electrons. The maximum Gasteiger partial charge on any atom is 0.0361 e. The Labute approximate surface area is 206 Å². The van der Waals surface area contributed by atoms with Crippen molar-refractivity contribution in [1.29, 1.82) is 0 Å². The SMILES string of the molecule is CCc1cc(-c2ccc3c(c2)sc2ccccc23)ccc1-c1ccc2c(c1)sc1ccccc12. The molecular weight excluding hydrogens is 448 g/mol. The lowest BCUT2D eigenvalue weighted by atomic mass is 9.93. The van der Waals surface area contributed by atoms with E-state index >= 15 is 0 Å². The van der Waals surface area contributed by atoms with Crippen molar-refractivity contribution in [2.75, 3.05) is 0 Å². The first-order chi connectivity index (χ1) is 16.8. The van der Waals surface area contributed by atoms with Crippen LogP contribution in [-0.2, 0) is 6.42 Å². The van der Waals surface area contributed by atoms with Gasteiger partial charge in [0.2, 0.25) is 0 Å². The summed E-state index contributed by atoms with van der Waals surface area (Å²) in [5, 5.41) is 5.43. The summed E-state index contributed by atoms with van der Waals surface area (Å²) in [6.45, 7) is 2.26. The van der Waals surface area contributed by atoms with Crippen LogP contribution in [-0.4, -0.2) is 0 Å². The molecule has 0 aliphatic rings. The van der Waals surface area contributed by atoms with Gasteiger partial charge in [0.1, 0.15) is 0 Å². The van der Waals surface area contributed by atoms with Crippen LogP contribution < -0.4 is 0 Å². The van der Waals surface area contributed by atoms with E-state index in [1.807, 2.05) is 22.7 Å². The summed E-state index contributed by atoms with van der Waals surface area (Å²) in [5.74, 6) is 0. The quantitative estimate of drug-likeness (QED) is 0.241. The molecule has 0 aliphatic heterocycles. The molecule has 0 atom stereocenters. The third-order valence-corrected chi connectivity index (χ3v) is 9.16. The summed E-state index contributed by atoms with van der Waals surface area (Å²) < 4.78 is 5.43. The minimum atomic E-state index is 1.01. The van der Waals surface area contributed by atoms with Gasteiger partial charge in [0.15, 0.2) is 0 Å². The fourth-order valence-electron chi connectivity index (χ4n) is 5.15. The zero-order chi connectivity index (χ0) is 22.6. The second-order valence-electron chi connectivity index (χ2n) is 8.84. The highest BCUT2D eigenvalue weighted by Gasteiger charge is 2.11. The molecule has 2 aromatic heterocycles. The van der Waals surface area contributed by atoms with E-state index in [0.29, 0.717) is 0 Å². The van der Waals surface area contributed by atoms with Crippen molar-refractivity contribution < 1.29 is 0 Å². The molecule has 7 rings (SSSR count). The molecule has 0 bridgehead atoms. The van der Waals surface area contributed by atoms with E-state index in [1.54, 1.807) is 0 Å². The van der Waals surface area contributed by atoms with Gasteiger partial charge in [-0.1, -0.05) is 85.8 Å². The van der Waals surface area contributed by atoms with Crippen molar-refractivity contribution >= 4 is 63.0 Å². The molecule has 0 saturated heterocycles. The van der Waals surface area contributed by atoms with Crippen LogP contribution in [0.25, 0.3) is 62.6 Å². The Bertz CT molecular complexity index is 1850. The minimum absolute atomic E-state index is 1.01. The third kappa shape index (κ3) is 3.10. The molecule has 0 N–H and O–H groups in total. The van der Waals surface area contributed by atoms with E-state index in [4.69, 9.17) is 0 Å². The Hall–Kier alpha value is -3.46. The summed E-state index contributed by atoms with van der Waals surface area (Å²) >= 11 is 3.77. The van der Waals surface area contributed by atoms with Crippen molar-refractivity contribution in [1.82, 2.24) is 0 Å². The van der Waals surface area contributed by atoms with Gasteiger partial charge < -0.3 is 0 Å². The van der Waals surface area contributed by atoms with Crippen molar-refractivity contribution in [2.45, 2.75) is 13.3 Å². The maximum atomic E-state index is 2.39. The summed E-state index contributed by atoms with van der Waals surface area (Å²) in [7, 11) is 0. The van der Waals surface area contributed by atoms with E-state index in [-0.39, 0.29) is 0 Å². The molecule has 0 unspecified atom stereocenters. The lowest BCUT2D eigenvalue weighted by molar-refractivity contribution is 1.14. The second-order valence-corrected chi connectivity index (χ2v) is 11.0. The van der Waals surface area contributed by atoms with Gasteiger partial charge in [-0.3, -0.25) is 0 Å². The van der Waals surface area contributed by atoms with Gasteiger partial charge in [-0.05, 0) is 58.5 Å². The first kappa shape index (κ1) is 20.0. The molecule has 0 aliphatic carbocycles. The van der Waals surface area contributed by atoms with Crippen LogP contribution in [0.1, 0.15) is 12.5 Å². The highest BCUT2D eigenvalue weighted by atomic mass is 32.1. The maximum absolute atomic E-state index is 2.39. The van der Waals surface area contributed by atoms with Crippen LogP contribution in [0.2, 0.25) is 0 Å². The summed E-state index contributed by atoms with van der Waals surface area (Å²) in [5.41, 5.74) is 6.63. The molecule has 5 aromatic carbocycles. The monoisotopic (exact) mass is 470 g/mol. The number of thiophene rings is 2. The summed E-state index contributed by atoms with van der Waals surface area (Å²) in [4.78, 5) is 0. The molecule has 0 nitrogen and oxygen atoms in total. The van der Waals surface area contributed by atoms with Gasteiger partial charge in [0.25, 0.3) is 0 Å². The summed E-state index contributed by atoms with van der Waals surface area (Å²) in [6, 6.07) is 38.3. The largest absolute Gasteiger partial charge is 0.135 e. The van der Waals surface area contributed by atoms with Gasteiger partial charge >= 0.3 is 0 Å². The fraction of sp³-hybridized carbons (Fsp3) is 0.0625. The van der Waals surface area contributed by atoms with Crippen molar-refractivity contribution in [3.63, 3.8) is 0 Å². The van der Waals surface area contributed by atoms with Gasteiger partial charge in [0, 0.05) is 40.3 Å². The van der Waals surface area contributed by atoms with Crippen LogP contribution >= 0.6 is 22.7 Å². The average molecular weight is 471 g/mol. The second kappa shape index (κ2) is 7.80. The Morgan fingerprint density at radius 2 is 0.971 bits per heavy atom. The molecule has 0 amide bonds. The molecule has 2 heterocycles. The highest BCUT2D eigenvalue weighted by Crippen LogP contribution is 2.39. The first-order valence-corrected chi connectivity index (χ1v) is 13.4. The average Bonchev–Trinajstić information content (AvgIpc) is 3.45. The van der Waals surface area contributed by atoms with Crippen molar-refractivity contribution in [3.05, 3.63) is 109 Å². The van der Waals surface area contributed by atoms with Gasteiger partial charge in [-0.2, -0.15) is 0 Å². The van der Waals surface area contributed by atoms with Crippen LogP contribution in [0.3, 0.4) is 0 Å². The first-order valence-electron chi connectivity index (χ1n) is 11.7. The zero-order valence-corrected chi connectivity index (χ0v) is 20.5. The molecule has 0 radical (unpaired) electrons. The fourth-order valence-corrected chi connectivity index (χ4v) is 7.44. The standard InChI is InChI=1S/C32H22S2/c1-2-20-17-21(22-12-15-27-25-7-3-5-9-29(25)33-31(27)18-22)11-14-24(20)23-13-16-28-26-8-4-6-10-30(26)34-32(28)19-23/h3-19H,2H2,1H3. The molecule has 0 saturated carbocycles. The number of fused-ring (bicyclic) bond motifs is 6. The van der Waals surface area contributed by atoms with E-state index in [0.717, 1.165) is 6.42 Å². The number of hydrogen-bond acceptors (Lipinski definition) is 2. The summed E-state index contributed by atoms with van der Waals surface area (Å²) in [6.07, 6.45) is 1.01. The normalized spacial score (nSPS) is 11.8. The molecule has 0 spiro atoms. The van der Waals surface area contributed by atoms with E-state index in [9.17, 15) is 0 Å². The highest BCUT2D eigenvalue weighted by molar-refractivity contribution is 7.26. The Morgan fingerprint density at radius 1 is 0.471 bits per heavy atom. The van der Waals surface area contributed by atoms with E-state index in [1.165, 1.54) is 68.2 Å². The van der Waals surface area contributed by atoms with E-state index in [2.05, 4.69) is 110 Å². The van der Waals surface area contributed by atoms with Crippen LogP contribution in [0, 0.1) is 0 Å². The minimum Gasteiger partial charge on any atom is -0.135 e. The molecular formula is C32H22S2. The zero-order valence-electron chi connectivity index (χ0n) is 18.8. The predicted molar refractivity (Wildman–Crippen MR) is 152 cm³/mol. The van der Waals surface area contributed by atoms with Crippen molar-refractivity contribution in [3.8, 4) is 22.3 Å². The Kier molecular flexibility index (Phi) is 4.58. The molecule has 34 heavy (non-hydrogen) atoms. The third-order valence-electron chi connectivity index (χ3n) is 6.89. The smallest absolute Gasteiger partial charge is 0.0361 e. The predicted octanol–water partition coefficient (Wildman–Crippen LogP) is 10.3. The topological polar surface area (TPSA) is 0 Å². The Morgan fingerprint density at radius 3 is 1.62 bits per heavy atom. The van der Waals surface area contributed by atoms with Crippen LogP contribution in [0.4, 0.5) is 0 Å². The van der Waals surface area contributed by atoms with Gasteiger partial charge in [-0.15, -0.1) is 22.7 Å². The number of aryl methyl sites for hydroxylation is 1.